The van der Waals surface area contributed by atoms with E-state index in [1.807, 2.05) is 79.0 Å². The monoisotopic (exact) mass is 689 g/mol. The molecule has 9 nitrogen and oxygen atoms in total. The van der Waals surface area contributed by atoms with E-state index in [0.29, 0.717) is 45.3 Å². The van der Waals surface area contributed by atoms with Crippen LogP contribution in [0.25, 0.3) is 22.2 Å². The second kappa shape index (κ2) is 13.5. The van der Waals surface area contributed by atoms with Crippen molar-refractivity contribution in [3.63, 3.8) is 0 Å². The van der Waals surface area contributed by atoms with Crippen LogP contribution in [-0.4, -0.2) is 43.0 Å². The minimum Gasteiger partial charge on any atom is -0.505 e. The van der Waals surface area contributed by atoms with Gasteiger partial charge in [-0.3, -0.25) is 14.5 Å². The molecule has 3 aromatic heterocycles. The number of benzene rings is 3. The number of carbonyl (C=O) groups is 2. The minimum absolute atomic E-state index is 0.0614. The Bertz CT molecular complexity index is 2250. The third-order valence-electron chi connectivity index (χ3n) is 8.72. The van der Waals surface area contributed by atoms with E-state index in [1.54, 1.807) is 0 Å². The van der Waals surface area contributed by atoms with Crippen LogP contribution in [-0.2, 0) is 15.3 Å². The molecule has 0 spiro atoms. The van der Waals surface area contributed by atoms with Crippen LogP contribution in [0.3, 0.4) is 0 Å². The number of anilines is 1. The Balaban J connectivity index is 1.28. The number of Topliss-reactive ketones (excluding diaryl/α,β-unsaturated/α-hetero) is 1. The van der Waals surface area contributed by atoms with Crippen LogP contribution in [0.4, 0.5) is 5.13 Å². The molecule has 1 fully saturated rings. The van der Waals surface area contributed by atoms with Crippen molar-refractivity contribution in [1.82, 2.24) is 19.6 Å². The molecule has 6 aromatic rings. The molecular formula is C38H35N5O4S2. The number of ketones is 1. The van der Waals surface area contributed by atoms with Crippen LogP contribution in [0, 0.1) is 19.8 Å². The van der Waals surface area contributed by atoms with Crippen molar-refractivity contribution in [3.8, 4) is 5.75 Å². The Hall–Kier alpha value is -5.00. The molecule has 1 saturated heterocycles. The van der Waals surface area contributed by atoms with Gasteiger partial charge in [-0.1, -0.05) is 97.6 Å². The van der Waals surface area contributed by atoms with Gasteiger partial charge in [-0.15, -0.1) is 10.2 Å². The number of fused-ring (bicyclic) bond motifs is 2. The number of aliphatic hydroxyl groups excluding tert-OH is 1. The second-order valence-electron chi connectivity index (χ2n) is 12.5. The molecule has 1 unspecified atom stereocenters. The molecule has 49 heavy (non-hydrogen) atoms. The molecule has 0 saturated carbocycles. The van der Waals surface area contributed by atoms with Gasteiger partial charge in [0.2, 0.25) is 5.13 Å². The molecule has 248 valence electrons. The number of aliphatic hydroxyl groups is 1. The van der Waals surface area contributed by atoms with Gasteiger partial charge in [0, 0.05) is 11.9 Å². The lowest BCUT2D eigenvalue weighted by molar-refractivity contribution is -0.132. The summed E-state index contributed by atoms with van der Waals surface area (Å²) in [5.74, 6) is -0.225. The number of rotatable bonds is 10. The first kappa shape index (κ1) is 32.5. The average Bonchev–Trinajstić information content (AvgIpc) is 3.78. The lowest BCUT2D eigenvalue weighted by Gasteiger charge is -2.23. The van der Waals surface area contributed by atoms with Crippen molar-refractivity contribution in [2.45, 2.75) is 50.3 Å². The van der Waals surface area contributed by atoms with Crippen LogP contribution in [0.5, 0.6) is 5.75 Å². The van der Waals surface area contributed by atoms with E-state index in [9.17, 15) is 14.7 Å². The number of hydrogen-bond acceptors (Lipinski definition) is 9. The van der Waals surface area contributed by atoms with E-state index >= 15 is 0 Å². The number of aryl methyl sites for hydroxylation is 2. The Labute approximate surface area is 292 Å². The van der Waals surface area contributed by atoms with Crippen molar-refractivity contribution in [3.05, 3.63) is 119 Å². The number of amides is 1. The van der Waals surface area contributed by atoms with E-state index in [2.05, 4.69) is 48.3 Å². The first-order valence-corrected chi connectivity index (χ1v) is 17.9. The molecule has 1 aliphatic heterocycles. The topological polar surface area (TPSA) is 110 Å². The summed E-state index contributed by atoms with van der Waals surface area (Å²) in [7, 11) is 0. The van der Waals surface area contributed by atoms with Crippen molar-refractivity contribution in [2.24, 2.45) is 5.92 Å². The number of nitrogens with zero attached hydrogens (tertiary/aromatic N) is 5. The molecule has 1 aliphatic rings. The lowest BCUT2D eigenvalue weighted by Crippen LogP contribution is -2.29. The van der Waals surface area contributed by atoms with Gasteiger partial charge in [-0.25, -0.2) is 4.98 Å². The predicted molar refractivity (Wildman–Crippen MR) is 194 cm³/mol. The van der Waals surface area contributed by atoms with E-state index in [0.717, 1.165) is 22.9 Å². The van der Waals surface area contributed by atoms with Gasteiger partial charge in [0.1, 0.15) is 17.1 Å². The summed E-state index contributed by atoms with van der Waals surface area (Å²) in [5, 5.41) is 23.3. The number of ether oxygens (including phenoxy) is 1. The molecule has 0 radical (unpaired) electrons. The van der Waals surface area contributed by atoms with Gasteiger partial charge in [0.15, 0.2) is 10.1 Å². The average molecular weight is 690 g/mol. The first-order chi connectivity index (χ1) is 23.7. The van der Waals surface area contributed by atoms with Gasteiger partial charge < -0.3 is 14.2 Å². The molecule has 7 rings (SSSR count). The van der Waals surface area contributed by atoms with E-state index in [-0.39, 0.29) is 22.2 Å². The Morgan fingerprint density at radius 3 is 2.61 bits per heavy atom. The van der Waals surface area contributed by atoms with E-state index < -0.39 is 17.7 Å². The number of pyridine rings is 1. The minimum atomic E-state index is -0.983. The molecule has 1 atom stereocenters. The largest absolute Gasteiger partial charge is 0.505 e. The fourth-order valence-corrected chi connectivity index (χ4v) is 7.99. The summed E-state index contributed by atoms with van der Waals surface area (Å²) in [4.78, 5) is 33.9. The fraction of sp³-hybridized carbons (Fsp3) is 0.237. The quantitative estimate of drug-likeness (QED) is 0.0503. The third-order valence-corrected chi connectivity index (χ3v) is 10.8. The van der Waals surface area contributed by atoms with Crippen molar-refractivity contribution in [1.29, 1.82) is 0 Å². The molecule has 11 heteroatoms. The van der Waals surface area contributed by atoms with Crippen LogP contribution < -0.4 is 9.64 Å². The Morgan fingerprint density at radius 2 is 1.80 bits per heavy atom. The maximum absolute atomic E-state index is 13.9. The molecule has 3 aromatic carbocycles. The molecular weight excluding hydrogens is 655 g/mol. The molecule has 1 N–H and O–H groups in total. The fourth-order valence-electron chi connectivity index (χ4n) is 6.12. The molecule has 4 heterocycles. The number of thioether (sulfide) groups is 1. The summed E-state index contributed by atoms with van der Waals surface area (Å²) in [5.41, 5.74) is 4.15. The zero-order valence-corrected chi connectivity index (χ0v) is 29.2. The highest BCUT2D eigenvalue weighted by Gasteiger charge is 2.49. The van der Waals surface area contributed by atoms with E-state index in [4.69, 9.17) is 9.72 Å². The number of carbonyl (C=O) groups excluding carboxylic acids is 2. The standard InChI is InChI=1S/C38H35N5O4S2/c1-22(2)17-19-47-28-15-8-13-26(20-28)32-30(33(44)31-24(4)42-18-9-10-23(3)35(42)39-31)34(45)36(46)43(32)37-40-41-38(49-37)48-21-27-14-7-12-25-11-5-6-16-29(25)27/h5-16,18,20,22,32,44H,17,19,21H2,1-4H3. The smallest absolute Gasteiger partial charge is 0.301 e. The maximum atomic E-state index is 13.9. The van der Waals surface area contributed by atoms with Gasteiger partial charge in [-0.2, -0.15) is 0 Å². The van der Waals surface area contributed by atoms with E-state index in [1.165, 1.54) is 33.4 Å². The molecule has 0 bridgehead atoms. The van der Waals surface area contributed by atoms with Gasteiger partial charge in [0.25, 0.3) is 5.78 Å². The normalized spacial score (nSPS) is 16.0. The summed E-state index contributed by atoms with van der Waals surface area (Å²) < 4.78 is 8.58. The maximum Gasteiger partial charge on any atom is 0.301 e. The summed E-state index contributed by atoms with van der Waals surface area (Å²) in [6, 6.07) is 24.6. The van der Waals surface area contributed by atoms with Crippen LogP contribution in [0.2, 0.25) is 0 Å². The summed E-state index contributed by atoms with van der Waals surface area (Å²) in [6.45, 7) is 8.54. The summed E-state index contributed by atoms with van der Waals surface area (Å²) in [6.07, 6.45) is 2.73. The summed E-state index contributed by atoms with van der Waals surface area (Å²) >= 11 is 2.76. The number of imidazole rings is 1. The zero-order chi connectivity index (χ0) is 34.2. The highest BCUT2D eigenvalue weighted by molar-refractivity contribution is 8.00. The van der Waals surface area contributed by atoms with Crippen molar-refractivity contribution < 1.29 is 19.4 Å². The van der Waals surface area contributed by atoms with Crippen LogP contribution >= 0.6 is 23.1 Å². The van der Waals surface area contributed by atoms with Gasteiger partial charge in [0.05, 0.1) is 23.9 Å². The third kappa shape index (κ3) is 6.20. The van der Waals surface area contributed by atoms with Crippen molar-refractivity contribution >= 4 is 62.1 Å². The molecule has 0 aliphatic carbocycles. The Morgan fingerprint density at radius 1 is 1.00 bits per heavy atom. The van der Waals surface area contributed by atoms with Crippen LogP contribution in [0.1, 0.15) is 54.4 Å². The highest BCUT2D eigenvalue weighted by atomic mass is 32.2. The second-order valence-corrected chi connectivity index (χ2v) is 14.7. The van der Waals surface area contributed by atoms with Crippen LogP contribution in [0.15, 0.2) is 95.0 Å². The SMILES string of the molecule is Cc1cccn2c(C)c(C(O)=C3C(=O)C(=O)N(c4nnc(SCc5cccc6ccccc56)s4)C3c3cccc(OCCC(C)C)c3)nc12. The molecule has 1 amide bonds. The van der Waals surface area contributed by atoms with Gasteiger partial charge >= 0.3 is 5.91 Å². The lowest BCUT2D eigenvalue weighted by atomic mass is 9.96. The van der Waals surface area contributed by atoms with Crippen molar-refractivity contribution in [2.75, 3.05) is 11.5 Å². The number of aromatic nitrogens is 4. The number of hydrogen-bond donors (Lipinski definition) is 1. The van der Waals surface area contributed by atoms with Gasteiger partial charge in [-0.05, 0) is 71.8 Å². The highest BCUT2D eigenvalue weighted by Crippen LogP contribution is 2.45. The Kier molecular flexibility index (Phi) is 8.96. The predicted octanol–water partition coefficient (Wildman–Crippen LogP) is 8.30. The zero-order valence-electron chi connectivity index (χ0n) is 27.6. The first-order valence-electron chi connectivity index (χ1n) is 16.1.